The Bertz CT molecular complexity index is 424. The lowest BCUT2D eigenvalue weighted by atomic mass is 10.2. The fraction of sp³-hybridized carbons (Fsp3) is 0.500. The molecule has 1 atom stereocenters. The summed E-state index contributed by atoms with van der Waals surface area (Å²) in [6, 6.07) is 10.1. The first-order chi connectivity index (χ1) is 8.79. The SMILES string of the molecule is CN(CCOc1cccc(C#N)c1)C1CCSC1. The summed E-state index contributed by atoms with van der Waals surface area (Å²) in [5.74, 6) is 3.30. The molecule has 1 aromatic rings. The molecule has 1 aliphatic heterocycles. The van der Waals surface area contributed by atoms with Gasteiger partial charge >= 0.3 is 0 Å². The average molecular weight is 262 g/mol. The van der Waals surface area contributed by atoms with Gasteiger partial charge in [-0.1, -0.05) is 6.07 Å². The van der Waals surface area contributed by atoms with Crippen molar-refractivity contribution < 1.29 is 4.74 Å². The lowest BCUT2D eigenvalue weighted by Gasteiger charge is -2.23. The zero-order valence-corrected chi connectivity index (χ0v) is 11.4. The highest BCUT2D eigenvalue weighted by Crippen LogP contribution is 2.21. The molecule has 1 heterocycles. The standard InChI is InChI=1S/C14H18N2OS/c1-16(13-5-8-18-11-13)6-7-17-14-4-2-3-12(9-14)10-15/h2-4,9,13H,5-8,11H2,1H3. The number of ether oxygens (including phenoxy) is 1. The van der Waals surface area contributed by atoms with Gasteiger partial charge in [-0.25, -0.2) is 0 Å². The molecule has 0 aliphatic carbocycles. The highest BCUT2D eigenvalue weighted by Gasteiger charge is 2.19. The van der Waals surface area contributed by atoms with Crippen LogP contribution in [0.25, 0.3) is 0 Å². The number of hydrogen-bond donors (Lipinski definition) is 0. The van der Waals surface area contributed by atoms with Crippen LogP contribution < -0.4 is 4.74 Å². The molecule has 0 spiro atoms. The second kappa shape index (κ2) is 6.67. The van der Waals surface area contributed by atoms with Crippen molar-refractivity contribution in [3.63, 3.8) is 0 Å². The van der Waals surface area contributed by atoms with Gasteiger partial charge in [0.2, 0.25) is 0 Å². The van der Waals surface area contributed by atoms with Crippen molar-refractivity contribution in [3.05, 3.63) is 29.8 Å². The molecule has 1 fully saturated rings. The predicted octanol–water partition coefficient (Wildman–Crippen LogP) is 2.37. The maximum atomic E-state index is 8.80. The summed E-state index contributed by atoms with van der Waals surface area (Å²) in [5.41, 5.74) is 0.646. The Morgan fingerprint density at radius 1 is 1.56 bits per heavy atom. The van der Waals surface area contributed by atoms with Crippen LogP contribution in [0.1, 0.15) is 12.0 Å². The molecule has 3 nitrogen and oxygen atoms in total. The molecule has 2 rings (SSSR count). The third kappa shape index (κ3) is 3.66. The number of thioether (sulfide) groups is 1. The Morgan fingerprint density at radius 2 is 2.44 bits per heavy atom. The van der Waals surface area contributed by atoms with Crippen molar-refractivity contribution in [2.24, 2.45) is 0 Å². The van der Waals surface area contributed by atoms with Gasteiger partial charge in [-0.05, 0) is 37.4 Å². The fourth-order valence-corrected chi connectivity index (χ4v) is 3.31. The van der Waals surface area contributed by atoms with Crippen molar-refractivity contribution in [2.75, 3.05) is 31.7 Å². The van der Waals surface area contributed by atoms with E-state index in [4.69, 9.17) is 10.00 Å². The third-order valence-electron chi connectivity index (χ3n) is 3.20. The summed E-state index contributed by atoms with van der Waals surface area (Å²) in [6.07, 6.45) is 1.28. The van der Waals surface area contributed by atoms with Crippen LogP contribution in [-0.2, 0) is 0 Å². The van der Waals surface area contributed by atoms with E-state index in [0.717, 1.165) is 12.3 Å². The average Bonchev–Trinajstić information content (AvgIpc) is 2.93. The molecule has 1 saturated heterocycles. The van der Waals surface area contributed by atoms with E-state index < -0.39 is 0 Å². The molecule has 1 aliphatic rings. The lowest BCUT2D eigenvalue weighted by Crippen LogP contribution is -2.34. The quantitative estimate of drug-likeness (QED) is 0.816. The van der Waals surface area contributed by atoms with E-state index in [1.165, 1.54) is 17.9 Å². The first kappa shape index (κ1) is 13.3. The fourth-order valence-electron chi connectivity index (χ4n) is 2.02. The maximum absolute atomic E-state index is 8.80. The molecule has 1 unspecified atom stereocenters. The zero-order valence-electron chi connectivity index (χ0n) is 10.6. The molecule has 0 amide bonds. The monoisotopic (exact) mass is 262 g/mol. The molecule has 0 radical (unpaired) electrons. The normalized spacial score (nSPS) is 18.8. The van der Waals surface area contributed by atoms with Crippen LogP contribution in [0, 0.1) is 11.3 Å². The topological polar surface area (TPSA) is 36.3 Å². The van der Waals surface area contributed by atoms with E-state index in [0.29, 0.717) is 18.2 Å². The highest BCUT2D eigenvalue weighted by atomic mass is 32.2. The van der Waals surface area contributed by atoms with Gasteiger partial charge in [0.1, 0.15) is 12.4 Å². The molecule has 0 N–H and O–H groups in total. The van der Waals surface area contributed by atoms with Crippen molar-refractivity contribution in [1.29, 1.82) is 5.26 Å². The number of likely N-dealkylation sites (N-methyl/N-ethyl adjacent to an activating group) is 1. The van der Waals surface area contributed by atoms with Crippen LogP contribution in [0.3, 0.4) is 0 Å². The minimum atomic E-state index is 0.646. The van der Waals surface area contributed by atoms with E-state index in [2.05, 4.69) is 18.0 Å². The van der Waals surface area contributed by atoms with Crippen LogP contribution in [0.4, 0.5) is 0 Å². The van der Waals surface area contributed by atoms with E-state index in [1.54, 1.807) is 12.1 Å². The Balaban J connectivity index is 1.75. The summed E-state index contributed by atoms with van der Waals surface area (Å²) in [6.45, 7) is 1.61. The lowest BCUT2D eigenvalue weighted by molar-refractivity contribution is 0.202. The number of benzene rings is 1. The summed E-state index contributed by atoms with van der Waals surface area (Å²) in [7, 11) is 2.16. The summed E-state index contributed by atoms with van der Waals surface area (Å²) < 4.78 is 5.68. The van der Waals surface area contributed by atoms with Crippen molar-refractivity contribution >= 4 is 11.8 Å². The third-order valence-corrected chi connectivity index (χ3v) is 4.35. The highest BCUT2D eigenvalue weighted by molar-refractivity contribution is 7.99. The Hall–Kier alpha value is -1.18. The molecule has 1 aromatic carbocycles. The Morgan fingerprint density at radius 3 is 3.17 bits per heavy atom. The minimum Gasteiger partial charge on any atom is -0.492 e. The van der Waals surface area contributed by atoms with Gasteiger partial charge in [-0.3, -0.25) is 4.90 Å². The molecule has 18 heavy (non-hydrogen) atoms. The summed E-state index contributed by atoms with van der Waals surface area (Å²) in [4.78, 5) is 2.37. The maximum Gasteiger partial charge on any atom is 0.120 e. The van der Waals surface area contributed by atoms with Crippen molar-refractivity contribution in [3.8, 4) is 11.8 Å². The first-order valence-corrected chi connectivity index (χ1v) is 7.36. The van der Waals surface area contributed by atoms with Crippen LogP contribution in [-0.4, -0.2) is 42.6 Å². The smallest absolute Gasteiger partial charge is 0.120 e. The molecule has 0 bridgehead atoms. The van der Waals surface area contributed by atoms with Crippen LogP contribution in [0.2, 0.25) is 0 Å². The van der Waals surface area contributed by atoms with Gasteiger partial charge in [0.25, 0.3) is 0 Å². The molecule has 0 aromatic heterocycles. The van der Waals surface area contributed by atoms with Gasteiger partial charge < -0.3 is 4.74 Å². The second-order valence-corrected chi connectivity index (χ2v) is 5.64. The predicted molar refractivity (Wildman–Crippen MR) is 75.0 cm³/mol. The number of rotatable bonds is 5. The zero-order chi connectivity index (χ0) is 12.8. The minimum absolute atomic E-state index is 0.646. The van der Waals surface area contributed by atoms with Crippen molar-refractivity contribution in [1.82, 2.24) is 4.90 Å². The van der Waals surface area contributed by atoms with Crippen LogP contribution >= 0.6 is 11.8 Å². The van der Waals surface area contributed by atoms with Crippen LogP contribution in [0.15, 0.2) is 24.3 Å². The van der Waals surface area contributed by atoms with E-state index in [1.807, 2.05) is 23.9 Å². The van der Waals surface area contributed by atoms with Crippen LogP contribution in [0.5, 0.6) is 5.75 Å². The molecule has 0 saturated carbocycles. The van der Waals surface area contributed by atoms with Gasteiger partial charge in [-0.2, -0.15) is 17.0 Å². The van der Waals surface area contributed by atoms with Gasteiger partial charge in [-0.15, -0.1) is 0 Å². The summed E-state index contributed by atoms with van der Waals surface area (Å²) >= 11 is 2.03. The molecule has 96 valence electrons. The van der Waals surface area contributed by atoms with Gasteiger partial charge in [0.05, 0.1) is 11.6 Å². The Kier molecular flexibility index (Phi) is 4.91. The van der Waals surface area contributed by atoms with E-state index in [9.17, 15) is 0 Å². The number of hydrogen-bond acceptors (Lipinski definition) is 4. The van der Waals surface area contributed by atoms with Gasteiger partial charge in [0, 0.05) is 18.3 Å². The van der Waals surface area contributed by atoms with E-state index >= 15 is 0 Å². The molecular weight excluding hydrogens is 244 g/mol. The van der Waals surface area contributed by atoms with Crippen molar-refractivity contribution in [2.45, 2.75) is 12.5 Å². The largest absolute Gasteiger partial charge is 0.492 e. The van der Waals surface area contributed by atoms with E-state index in [-0.39, 0.29) is 0 Å². The summed E-state index contributed by atoms with van der Waals surface area (Å²) in [5, 5.41) is 8.80. The number of nitrogens with zero attached hydrogens (tertiary/aromatic N) is 2. The van der Waals surface area contributed by atoms with Gasteiger partial charge in [0.15, 0.2) is 0 Å². The first-order valence-electron chi connectivity index (χ1n) is 6.20. The molecular formula is C14H18N2OS. The number of nitriles is 1. The molecule has 4 heteroatoms. The second-order valence-electron chi connectivity index (χ2n) is 4.49. The Labute approximate surface area is 113 Å².